The number of unbranched alkanes of at least 4 members (excludes halogenated alkanes) is 2. The zero-order chi connectivity index (χ0) is 9.40. The molecule has 0 aliphatic heterocycles. The Morgan fingerprint density at radius 3 is 2.50 bits per heavy atom. The molecule has 0 aromatic rings. The molecular weight excluding hydrogens is 150 g/mol. The highest BCUT2D eigenvalue weighted by atomic mass is 16.1. The summed E-state index contributed by atoms with van der Waals surface area (Å²) in [7, 11) is 4.13. The number of ketones is 1. The summed E-state index contributed by atoms with van der Waals surface area (Å²) < 4.78 is 0. The number of hydrogen-bond acceptors (Lipinski definition) is 2. The Labute approximate surface area is 75.3 Å². The number of hydrogen-bond donors (Lipinski definition) is 0. The summed E-state index contributed by atoms with van der Waals surface area (Å²) in [5, 5.41) is 0. The molecule has 0 spiro atoms. The van der Waals surface area contributed by atoms with Crippen molar-refractivity contribution in [1.29, 1.82) is 0 Å². The van der Waals surface area contributed by atoms with E-state index in [9.17, 15) is 4.79 Å². The van der Waals surface area contributed by atoms with Crippen LogP contribution >= 0.6 is 0 Å². The molecule has 0 atom stereocenters. The Morgan fingerprint density at radius 2 is 2.00 bits per heavy atom. The largest absolute Gasteiger partial charge is 0.309 e. The molecular formula is C10H19NO. The van der Waals surface area contributed by atoms with Gasteiger partial charge in [0, 0.05) is 6.42 Å². The van der Waals surface area contributed by atoms with Gasteiger partial charge in [0.2, 0.25) is 0 Å². The van der Waals surface area contributed by atoms with Crippen LogP contribution in [0.25, 0.3) is 0 Å². The fraction of sp³-hybridized carbons (Fsp3) is 0.700. The van der Waals surface area contributed by atoms with Crippen molar-refractivity contribution >= 4 is 5.78 Å². The Hall–Kier alpha value is -0.630. The minimum atomic E-state index is 0.167. The van der Waals surface area contributed by atoms with E-state index in [-0.39, 0.29) is 5.78 Å². The summed E-state index contributed by atoms with van der Waals surface area (Å²) in [5.74, 6) is 0.167. The summed E-state index contributed by atoms with van der Waals surface area (Å²) in [6.07, 6.45) is 5.39. The molecule has 2 nitrogen and oxygen atoms in total. The van der Waals surface area contributed by atoms with E-state index < -0.39 is 0 Å². The Morgan fingerprint density at radius 1 is 1.33 bits per heavy atom. The molecule has 0 aromatic heterocycles. The summed E-state index contributed by atoms with van der Waals surface area (Å²) >= 11 is 0. The first-order valence-corrected chi connectivity index (χ1v) is 4.47. The second-order valence-electron chi connectivity index (χ2n) is 3.28. The van der Waals surface area contributed by atoms with Gasteiger partial charge in [-0.3, -0.25) is 4.79 Å². The molecule has 0 amide bonds. The Bertz CT molecular complexity index is 141. The van der Waals surface area contributed by atoms with Crippen molar-refractivity contribution in [3.05, 3.63) is 12.7 Å². The second-order valence-corrected chi connectivity index (χ2v) is 3.28. The molecule has 0 fully saturated rings. The van der Waals surface area contributed by atoms with Crippen LogP contribution in [0.15, 0.2) is 12.7 Å². The average molecular weight is 169 g/mol. The highest BCUT2D eigenvalue weighted by Gasteiger charge is 1.95. The zero-order valence-electron chi connectivity index (χ0n) is 8.18. The van der Waals surface area contributed by atoms with Crippen molar-refractivity contribution in [2.24, 2.45) is 0 Å². The normalized spacial score (nSPS) is 10.2. The zero-order valence-corrected chi connectivity index (χ0v) is 8.18. The van der Waals surface area contributed by atoms with Crippen molar-refractivity contribution < 1.29 is 4.79 Å². The van der Waals surface area contributed by atoms with E-state index in [1.165, 1.54) is 12.5 Å². The molecule has 12 heavy (non-hydrogen) atoms. The van der Waals surface area contributed by atoms with E-state index in [0.29, 0.717) is 6.42 Å². The predicted octanol–water partition coefficient (Wildman–Crippen LogP) is 1.86. The lowest BCUT2D eigenvalue weighted by Crippen LogP contribution is -2.12. The first-order valence-electron chi connectivity index (χ1n) is 4.47. The highest BCUT2D eigenvalue weighted by Crippen LogP contribution is 2.01. The lowest BCUT2D eigenvalue weighted by atomic mass is 10.1. The van der Waals surface area contributed by atoms with Crippen LogP contribution in [0.5, 0.6) is 0 Å². The van der Waals surface area contributed by atoms with Crippen molar-refractivity contribution in [2.75, 3.05) is 20.6 Å². The molecule has 0 N–H and O–H groups in total. The van der Waals surface area contributed by atoms with Crippen LogP contribution in [-0.4, -0.2) is 31.3 Å². The molecule has 0 saturated carbocycles. The molecule has 2 heteroatoms. The van der Waals surface area contributed by atoms with E-state index in [4.69, 9.17) is 0 Å². The van der Waals surface area contributed by atoms with E-state index in [2.05, 4.69) is 25.6 Å². The number of rotatable bonds is 7. The van der Waals surface area contributed by atoms with Crippen LogP contribution in [0.1, 0.15) is 25.7 Å². The molecule has 70 valence electrons. The van der Waals surface area contributed by atoms with E-state index >= 15 is 0 Å². The Balaban J connectivity index is 3.11. The maximum Gasteiger partial charge on any atom is 0.155 e. The van der Waals surface area contributed by atoms with Gasteiger partial charge in [-0.15, -0.1) is 0 Å². The van der Waals surface area contributed by atoms with Gasteiger partial charge in [-0.2, -0.15) is 0 Å². The van der Waals surface area contributed by atoms with Crippen LogP contribution < -0.4 is 0 Å². The van der Waals surface area contributed by atoms with Crippen LogP contribution in [0, 0.1) is 0 Å². The molecule has 0 aliphatic carbocycles. The van der Waals surface area contributed by atoms with Crippen molar-refractivity contribution in [3.8, 4) is 0 Å². The molecule has 0 radical (unpaired) electrons. The van der Waals surface area contributed by atoms with Gasteiger partial charge >= 0.3 is 0 Å². The summed E-state index contributed by atoms with van der Waals surface area (Å²) in [4.78, 5) is 12.9. The lowest BCUT2D eigenvalue weighted by molar-refractivity contribution is -0.114. The molecule has 0 aromatic carbocycles. The SMILES string of the molecule is C=CC(=O)CCCCCN(C)C. The standard InChI is InChI=1S/C10H19NO/c1-4-10(12)8-6-5-7-9-11(2)3/h4H,1,5-9H2,2-3H3. The van der Waals surface area contributed by atoms with Crippen molar-refractivity contribution in [2.45, 2.75) is 25.7 Å². The number of carbonyl (C=O) groups excluding carboxylic acids is 1. The fourth-order valence-electron chi connectivity index (χ4n) is 1.01. The third-order valence-corrected chi connectivity index (χ3v) is 1.76. The van der Waals surface area contributed by atoms with Crippen LogP contribution in [-0.2, 0) is 4.79 Å². The van der Waals surface area contributed by atoms with Gasteiger partial charge in [0.25, 0.3) is 0 Å². The van der Waals surface area contributed by atoms with Gasteiger partial charge in [-0.25, -0.2) is 0 Å². The number of carbonyl (C=O) groups is 1. The molecule has 0 rings (SSSR count). The van der Waals surface area contributed by atoms with E-state index in [0.717, 1.165) is 19.4 Å². The molecule has 0 unspecified atom stereocenters. The van der Waals surface area contributed by atoms with Gasteiger partial charge in [-0.1, -0.05) is 13.0 Å². The summed E-state index contributed by atoms with van der Waals surface area (Å²) in [6, 6.07) is 0. The molecule has 0 bridgehead atoms. The predicted molar refractivity (Wildman–Crippen MR) is 52.2 cm³/mol. The van der Waals surface area contributed by atoms with Gasteiger partial charge in [-0.05, 0) is 39.6 Å². The van der Waals surface area contributed by atoms with Gasteiger partial charge in [0.05, 0.1) is 0 Å². The topological polar surface area (TPSA) is 20.3 Å². The lowest BCUT2D eigenvalue weighted by Gasteiger charge is -2.07. The summed E-state index contributed by atoms with van der Waals surface area (Å²) in [6.45, 7) is 4.54. The third-order valence-electron chi connectivity index (χ3n) is 1.76. The average Bonchev–Trinajstić information content (AvgIpc) is 2.03. The van der Waals surface area contributed by atoms with E-state index in [1.807, 2.05) is 0 Å². The maximum absolute atomic E-state index is 10.8. The summed E-state index contributed by atoms with van der Waals surface area (Å²) in [5.41, 5.74) is 0. The minimum Gasteiger partial charge on any atom is -0.309 e. The maximum atomic E-state index is 10.8. The van der Waals surface area contributed by atoms with Crippen LogP contribution in [0.2, 0.25) is 0 Å². The number of nitrogens with zero attached hydrogens (tertiary/aromatic N) is 1. The highest BCUT2D eigenvalue weighted by molar-refractivity contribution is 5.88. The quantitative estimate of drug-likeness (QED) is 0.428. The van der Waals surface area contributed by atoms with E-state index in [1.54, 1.807) is 0 Å². The van der Waals surface area contributed by atoms with Crippen LogP contribution in [0.4, 0.5) is 0 Å². The van der Waals surface area contributed by atoms with Gasteiger partial charge < -0.3 is 4.90 Å². The van der Waals surface area contributed by atoms with Gasteiger partial charge in [0.1, 0.15) is 0 Å². The number of allylic oxidation sites excluding steroid dienone is 1. The monoisotopic (exact) mass is 169 g/mol. The Kier molecular flexibility index (Phi) is 6.67. The molecule has 0 saturated heterocycles. The molecule has 0 aliphatic rings. The first-order chi connectivity index (χ1) is 5.66. The van der Waals surface area contributed by atoms with Crippen molar-refractivity contribution in [3.63, 3.8) is 0 Å². The molecule has 0 heterocycles. The smallest absolute Gasteiger partial charge is 0.155 e. The second kappa shape index (κ2) is 7.04. The fourth-order valence-corrected chi connectivity index (χ4v) is 1.01. The minimum absolute atomic E-state index is 0.167. The van der Waals surface area contributed by atoms with Crippen molar-refractivity contribution in [1.82, 2.24) is 4.90 Å². The first kappa shape index (κ1) is 11.4. The van der Waals surface area contributed by atoms with Gasteiger partial charge in [0.15, 0.2) is 5.78 Å². The van der Waals surface area contributed by atoms with Crippen LogP contribution in [0.3, 0.4) is 0 Å². The third kappa shape index (κ3) is 7.48.